The summed E-state index contributed by atoms with van der Waals surface area (Å²) in [6.45, 7) is 14.8. The monoisotopic (exact) mass is 266 g/mol. The molecule has 4 nitrogen and oxygen atoms in total. The molecule has 2 aliphatic rings. The summed E-state index contributed by atoms with van der Waals surface area (Å²) in [5.74, 6) is 0.0220. The highest BCUT2D eigenvalue weighted by molar-refractivity contribution is 5.96. The molecule has 1 unspecified atom stereocenters. The van der Waals surface area contributed by atoms with Crippen LogP contribution < -0.4 is 5.32 Å². The van der Waals surface area contributed by atoms with Crippen LogP contribution in [-0.4, -0.2) is 35.3 Å². The lowest BCUT2D eigenvalue weighted by atomic mass is 9.84. The molecule has 2 fully saturated rings. The Kier molecular flexibility index (Phi) is 2.82. The molecule has 0 aromatic rings. The van der Waals surface area contributed by atoms with Gasteiger partial charge in [0, 0.05) is 6.04 Å². The highest BCUT2D eigenvalue weighted by Crippen LogP contribution is 2.65. The number of piperazine rings is 1. The number of nitrogens with one attached hydrogen (secondary N) is 1. The minimum atomic E-state index is -0.416. The topological polar surface area (TPSA) is 49.4 Å². The molecule has 0 bridgehead atoms. The van der Waals surface area contributed by atoms with Gasteiger partial charge in [-0.1, -0.05) is 48.5 Å². The molecule has 1 aliphatic heterocycles. The number of carbonyl (C=O) groups excluding carboxylic acids is 2. The Bertz CT molecular complexity index is 418. The molecular formula is C15H26N2O2. The van der Waals surface area contributed by atoms with Crippen LogP contribution in [0.1, 0.15) is 48.5 Å². The van der Waals surface area contributed by atoms with Gasteiger partial charge in [0.15, 0.2) is 0 Å². The summed E-state index contributed by atoms with van der Waals surface area (Å²) in [6, 6.07) is -0.260. The van der Waals surface area contributed by atoms with Crippen molar-refractivity contribution in [2.24, 2.45) is 16.2 Å². The van der Waals surface area contributed by atoms with Crippen molar-refractivity contribution >= 4 is 11.8 Å². The molecule has 1 aliphatic carbocycles. The van der Waals surface area contributed by atoms with Gasteiger partial charge >= 0.3 is 0 Å². The highest BCUT2D eigenvalue weighted by atomic mass is 16.2. The van der Waals surface area contributed by atoms with Crippen LogP contribution in [0.25, 0.3) is 0 Å². The zero-order valence-electron chi connectivity index (χ0n) is 13.1. The van der Waals surface area contributed by atoms with Gasteiger partial charge in [-0.3, -0.25) is 9.59 Å². The summed E-state index contributed by atoms with van der Waals surface area (Å²) in [6.07, 6.45) is 0. The first-order valence-corrected chi connectivity index (χ1v) is 7.00. The zero-order chi connectivity index (χ0) is 14.8. The van der Waals surface area contributed by atoms with Gasteiger partial charge in [-0.2, -0.15) is 0 Å². The Morgan fingerprint density at radius 3 is 1.95 bits per heavy atom. The van der Waals surface area contributed by atoms with Crippen LogP contribution in [0.2, 0.25) is 0 Å². The van der Waals surface area contributed by atoms with E-state index in [0.29, 0.717) is 0 Å². The third-order valence-electron chi connectivity index (χ3n) is 5.27. The van der Waals surface area contributed by atoms with E-state index in [1.54, 1.807) is 4.90 Å². The number of nitrogens with zero attached hydrogens (tertiary/aromatic N) is 1. The second-order valence-corrected chi connectivity index (χ2v) is 8.18. The molecule has 4 heteroatoms. The number of rotatable bonds is 1. The smallest absolute Gasteiger partial charge is 0.246 e. The Labute approximate surface area is 115 Å². The SMILES string of the molecule is CC(C)(C)C1NC(=O)CN(C2C(C)(C)C2(C)C)C1=O. The molecule has 2 rings (SSSR count). The summed E-state index contributed by atoms with van der Waals surface area (Å²) in [7, 11) is 0. The van der Waals surface area contributed by atoms with Crippen LogP contribution in [0.15, 0.2) is 0 Å². The minimum Gasteiger partial charge on any atom is -0.342 e. The molecular weight excluding hydrogens is 240 g/mol. The van der Waals surface area contributed by atoms with Gasteiger partial charge in [0.1, 0.15) is 6.04 Å². The molecule has 0 aromatic heterocycles. The van der Waals surface area contributed by atoms with E-state index in [-0.39, 0.29) is 40.6 Å². The maximum atomic E-state index is 12.7. The zero-order valence-corrected chi connectivity index (χ0v) is 13.1. The largest absolute Gasteiger partial charge is 0.342 e. The predicted molar refractivity (Wildman–Crippen MR) is 74.4 cm³/mol. The van der Waals surface area contributed by atoms with Crippen molar-refractivity contribution in [3.05, 3.63) is 0 Å². The summed E-state index contributed by atoms with van der Waals surface area (Å²) in [5, 5.41) is 2.84. The molecule has 1 saturated heterocycles. The molecule has 0 radical (unpaired) electrons. The summed E-state index contributed by atoms with van der Waals surface area (Å²) in [4.78, 5) is 26.4. The van der Waals surface area contributed by atoms with E-state index in [2.05, 4.69) is 33.0 Å². The van der Waals surface area contributed by atoms with Crippen molar-refractivity contribution in [3.63, 3.8) is 0 Å². The lowest BCUT2D eigenvalue weighted by Gasteiger charge is -2.40. The fourth-order valence-corrected chi connectivity index (χ4v) is 3.41. The summed E-state index contributed by atoms with van der Waals surface area (Å²) < 4.78 is 0. The van der Waals surface area contributed by atoms with Crippen molar-refractivity contribution in [1.29, 1.82) is 0 Å². The van der Waals surface area contributed by atoms with E-state index in [1.807, 2.05) is 20.8 Å². The molecule has 1 saturated carbocycles. The Morgan fingerprint density at radius 2 is 1.58 bits per heavy atom. The quantitative estimate of drug-likeness (QED) is 0.786. The van der Waals surface area contributed by atoms with Crippen LogP contribution >= 0.6 is 0 Å². The molecule has 1 atom stereocenters. The Balaban J connectivity index is 2.28. The van der Waals surface area contributed by atoms with Gasteiger partial charge in [-0.05, 0) is 16.2 Å². The fourth-order valence-electron chi connectivity index (χ4n) is 3.41. The van der Waals surface area contributed by atoms with Crippen molar-refractivity contribution in [2.45, 2.75) is 60.5 Å². The number of amides is 2. The second-order valence-electron chi connectivity index (χ2n) is 8.18. The number of carbonyl (C=O) groups is 2. The van der Waals surface area contributed by atoms with Gasteiger partial charge in [-0.25, -0.2) is 0 Å². The number of hydrogen-bond acceptors (Lipinski definition) is 2. The van der Waals surface area contributed by atoms with E-state index in [1.165, 1.54) is 0 Å². The maximum Gasteiger partial charge on any atom is 0.246 e. The highest BCUT2D eigenvalue weighted by Gasteiger charge is 2.69. The molecule has 0 aromatic carbocycles. The van der Waals surface area contributed by atoms with Gasteiger partial charge < -0.3 is 10.2 Å². The first-order chi connectivity index (χ1) is 8.40. The average Bonchev–Trinajstić information content (AvgIpc) is 2.60. The summed E-state index contributed by atoms with van der Waals surface area (Å²) >= 11 is 0. The van der Waals surface area contributed by atoms with Crippen molar-refractivity contribution in [2.75, 3.05) is 6.54 Å². The van der Waals surface area contributed by atoms with Crippen molar-refractivity contribution in [3.8, 4) is 0 Å². The van der Waals surface area contributed by atoms with Gasteiger partial charge in [0.05, 0.1) is 6.54 Å². The van der Waals surface area contributed by atoms with E-state index in [4.69, 9.17) is 0 Å². The standard InChI is InChI=1S/C15H26N2O2/c1-13(2,3)10-11(19)17(8-9(18)16-10)12-14(4,5)15(12,6)7/h10,12H,8H2,1-7H3,(H,16,18). The van der Waals surface area contributed by atoms with E-state index in [0.717, 1.165) is 0 Å². The van der Waals surface area contributed by atoms with Crippen molar-refractivity contribution in [1.82, 2.24) is 10.2 Å². The van der Waals surface area contributed by atoms with Gasteiger partial charge in [0.25, 0.3) is 0 Å². The maximum absolute atomic E-state index is 12.7. The molecule has 2 amide bonds. The molecule has 0 spiro atoms. The molecule has 1 N–H and O–H groups in total. The van der Waals surface area contributed by atoms with E-state index < -0.39 is 6.04 Å². The minimum absolute atomic E-state index is 0.0435. The predicted octanol–water partition coefficient (Wildman–Crippen LogP) is 1.79. The first-order valence-electron chi connectivity index (χ1n) is 7.00. The second kappa shape index (κ2) is 3.74. The van der Waals surface area contributed by atoms with E-state index in [9.17, 15) is 9.59 Å². The Hall–Kier alpha value is -1.06. The van der Waals surface area contributed by atoms with Gasteiger partial charge in [0.2, 0.25) is 11.8 Å². The fraction of sp³-hybridized carbons (Fsp3) is 0.867. The van der Waals surface area contributed by atoms with Crippen LogP contribution in [0.4, 0.5) is 0 Å². The molecule has 1 heterocycles. The lowest BCUT2D eigenvalue weighted by Crippen LogP contribution is -2.63. The first kappa shape index (κ1) is 14.4. The van der Waals surface area contributed by atoms with E-state index >= 15 is 0 Å². The van der Waals surface area contributed by atoms with Crippen LogP contribution in [0, 0.1) is 16.2 Å². The van der Waals surface area contributed by atoms with Crippen LogP contribution in [0.3, 0.4) is 0 Å². The molecule has 108 valence electrons. The van der Waals surface area contributed by atoms with Crippen LogP contribution in [0.5, 0.6) is 0 Å². The third kappa shape index (κ3) is 1.96. The van der Waals surface area contributed by atoms with Crippen LogP contribution in [-0.2, 0) is 9.59 Å². The Morgan fingerprint density at radius 1 is 1.11 bits per heavy atom. The lowest BCUT2D eigenvalue weighted by molar-refractivity contribution is -0.148. The summed E-state index contributed by atoms with van der Waals surface area (Å²) in [5.41, 5.74) is -0.111. The van der Waals surface area contributed by atoms with Gasteiger partial charge in [-0.15, -0.1) is 0 Å². The molecule has 19 heavy (non-hydrogen) atoms. The third-order valence-corrected chi connectivity index (χ3v) is 5.27. The number of hydrogen-bond donors (Lipinski definition) is 1. The van der Waals surface area contributed by atoms with Crippen molar-refractivity contribution < 1.29 is 9.59 Å². The average molecular weight is 266 g/mol. The normalized spacial score (nSPS) is 30.3.